The maximum Gasteiger partial charge on any atom is 0.241 e. The van der Waals surface area contributed by atoms with Crippen LogP contribution in [0, 0.1) is 11.5 Å². The maximum absolute atomic E-state index is 12.9. The highest BCUT2D eigenvalue weighted by molar-refractivity contribution is 7.89. The van der Waals surface area contributed by atoms with Gasteiger partial charge in [-0.15, -0.1) is 0 Å². The minimum Gasteiger partial charge on any atom is -0.325 e. The Morgan fingerprint density at radius 2 is 1.67 bits per heavy atom. The lowest BCUT2D eigenvalue weighted by Gasteiger charge is -2.12. The van der Waals surface area contributed by atoms with Crippen molar-refractivity contribution >= 4 is 21.7 Å². The van der Waals surface area contributed by atoms with Gasteiger partial charge < -0.3 is 5.32 Å². The molecule has 3 N–H and O–H groups in total. The quantitative estimate of drug-likeness (QED) is 0.139. The molecule has 0 fully saturated rings. The summed E-state index contributed by atoms with van der Waals surface area (Å²) in [5.41, 5.74) is 2.31. The molecule has 0 amide bonds. The zero-order chi connectivity index (χ0) is 23.4. The number of aliphatic imine (C=N–C) groups is 1. The van der Waals surface area contributed by atoms with Gasteiger partial charge in [0.15, 0.2) is 6.19 Å². The number of pyridine rings is 1. The van der Waals surface area contributed by atoms with Gasteiger partial charge in [0, 0.05) is 36.7 Å². The van der Waals surface area contributed by atoms with Crippen molar-refractivity contribution < 1.29 is 8.42 Å². The summed E-state index contributed by atoms with van der Waals surface area (Å²) in [6.45, 7) is 0.847. The van der Waals surface area contributed by atoms with Crippen LogP contribution < -0.4 is 15.4 Å². The van der Waals surface area contributed by atoms with E-state index >= 15 is 0 Å². The molecule has 3 aromatic rings. The third kappa shape index (κ3) is 7.42. The molecule has 0 aliphatic rings. The Hall–Kier alpha value is -3.74. The number of nitrogens with zero attached hydrogens (tertiary/aromatic N) is 3. The summed E-state index contributed by atoms with van der Waals surface area (Å²) >= 11 is 0. The van der Waals surface area contributed by atoms with Crippen LogP contribution in [0.3, 0.4) is 0 Å². The van der Waals surface area contributed by atoms with Crippen LogP contribution in [0.25, 0.3) is 11.1 Å². The summed E-state index contributed by atoms with van der Waals surface area (Å²) in [7, 11) is -3.63. The van der Waals surface area contributed by atoms with Crippen molar-refractivity contribution in [2.45, 2.75) is 24.2 Å². The molecule has 33 heavy (non-hydrogen) atoms. The van der Waals surface area contributed by atoms with Gasteiger partial charge in [0.2, 0.25) is 16.0 Å². The molecule has 9 heteroatoms. The van der Waals surface area contributed by atoms with Gasteiger partial charge in [-0.25, -0.2) is 13.1 Å². The van der Waals surface area contributed by atoms with Crippen molar-refractivity contribution in [3.8, 4) is 17.3 Å². The lowest BCUT2D eigenvalue weighted by Crippen LogP contribution is -2.27. The van der Waals surface area contributed by atoms with Crippen LogP contribution in [0.5, 0.6) is 0 Å². The van der Waals surface area contributed by atoms with E-state index in [2.05, 4.69) is 25.3 Å². The van der Waals surface area contributed by atoms with Crippen LogP contribution >= 0.6 is 0 Å². The van der Waals surface area contributed by atoms with E-state index in [4.69, 9.17) is 5.26 Å². The number of nitrogens with one attached hydrogen (secondary N) is 3. The van der Waals surface area contributed by atoms with Gasteiger partial charge in [0.25, 0.3) is 0 Å². The fourth-order valence-electron chi connectivity index (χ4n) is 3.18. The largest absolute Gasteiger partial charge is 0.325 e. The number of anilines is 1. The number of aromatic nitrogens is 1. The molecule has 1 heterocycles. The first-order valence-corrected chi connectivity index (χ1v) is 12.1. The van der Waals surface area contributed by atoms with Crippen LogP contribution in [-0.4, -0.2) is 32.5 Å². The van der Waals surface area contributed by atoms with Gasteiger partial charge in [-0.05, 0) is 36.6 Å². The molecule has 0 saturated carbocycles. The van der Waals surface area contributed by atoms with Crippen molar-refractivity contribution in [2.24, 2.45) is 4.99 Å². The molecule has 170 valence electrons. The number of sulfonamides is 1. The second-order valence-corrected chi connectivity index (χ2v) is 8.88. The molecule has 0 bridgehead atoms. The summed E-state index contributed by atoms with van der Waals surface area (Å²) in [4.78, 5) is 8.58. The zero-order valence-corrected chi connectivity index (χ0v) is 18.9. The summed E-state index contributed by atoms with van der Waals surface area (Å²) in [5, 5.41) is 14.4. The van der Waals surface area contributed by atoms with E-state index in [1.54, 1.807) is 36.7 Å². The minimum atomic E-state index is -3.63. The lowest BCUT2D eigenvalue weighted by molar-refractivity contribution is 0.575. The highest BCUT2D eigenvalue weighted by atomic mass is 32.2. The summed E-state index contributed by atoms with van der Waals surface area (Å²) in [5.74, 6) is 0.363. The third-order valence-electron chi connectivity index (χ3n) is 4.78. The number of nitriles is 1. The second-order valence-electron chi connectivity index (χ2n) is 7.15. The average molecular weight is 463 g/mol. The predicted molar refractivity (Wildman–Crippen MR) is 130 cm³/mol. The van der Waals surface area contributed by atoms with E-state index in [1.807, 2.05) is 48.7 Å². The summed E-state index contributed by atoms with van der Waals surface area (Å²) in [6, 6.07) is 20.0. The zero-order valence-electron chi connectivity index (χ0n) is 18.1. The Kier molecular flexibility index (Phi) is 8.94. The fourth-order valence-corrected chi connectivity index (χ4v) is 4.48. The van der Waals surface area contributed by atoms with Crippen molar-refractivity contribution in [1.29, 1.82) is 5.26 Å². The Labute approximate surface area is 194 Å². The topological polar surface area (TPSA) is 119 Å². The monoisotopic (exact) mass is 462 g/mol. The molecule has 2 aromatic carbocycles. The van der Waals surface area contributed by atoms with E-state index in [9.17, 15) is 8.42 Å². The van der Waals surface area contributed by atoms with Crippen LogP contribution in [0.15, 0.2) is 89.0 Å². The third-order valence-corrected chi connectivity index (χ3v) is 6.29. The van der Waals surface area contributed by atoms with Crippen LogP contribution in [0.1, 0.15) is 19.3 Å². The smallest absolute Gasteiger partial charge is 0.241 e. The van der Waals surface area contributed by atoms with Crippen LogP contribution in [-0.2, 0) is 10.0 Å². The number of benzene rings is 2. The number of guanidine groups is 1. The SMILES string of the molecule is N#CN/C(=N\CCCCCNS(=O)(=O)c1ccccc1-c1ccccc1)Nc1ccncc1. The van der Waals surface area contributed by atoms with E-state index in [0.717, 1.165) is 24.1 Å². The molecular weight excluding hydrogens is 436 g/mol. The van der Waals surface area contributed by atoms with Crippen LogP contribution in [0.2, 0.25) is 0 Å². The van der Waals surface area contributed by atoms with Crippen molar-refractivity contribution in [1.82, 2.24) is 15.0 Å². The highest BCUT2D eigenvalue weighted by Gasteiger charge is 2.18. The number of unbranched alkanes of at least 4 members (excludes halogenated alkanes) is 2. The Morgan fingerprint density at radius 3 is 2.42 bits per heavy atom. The predicted octanol–water partition coefficient (Wildman–Crippen LogP) is 3.74. The van der Waals surface area contributed by atoms with Crippen molar-refractivity contribution in [3.05, 3.63) is 79.1 Å². The molecule has 0 radical (unpaired) electrons. The van der Waals surface area contributed by atoms with Gasteiger partial charge >= 0.3 is 0 Å². The maximum atomic E-state index is 12.9. The van der Waals surface area contributed by atoms with E-state index in [1.165, 1.54) is 0 Å². The Balaban J connectivity index is 1.47. The van der Waals surface area contributed by atoms with Gasteiger partial charge in [0.1, 0.15) is 0 Å². The normalized spacial score (nSPS) is 11.5. The molecule has 8 nitrogen and oxygen atoms in total. The molecule has 0 unspecified atom stereocenters. The minimum absolute atomic E-state index is 0.273. The van der Waals surface area contributed by atoms with Gasteiger partial charge in [-0.2, -0.15) is 5.26 Å². The fraction of sp³-hybridized carbons (Fsp3) is 0.208. The molecule has 0 aliphatic carbocycles. The molecule has 0 aliphatic heterocycles. The molecule has 0 spiro atoms. The van der Waals surface area contributed by atoms with E-state index < -0.39 is 10.0 Å². The average Bonchev–Trinajstić information content (AvgIpc) is 2.84. The first kappa shape index (κ1) is 23.9. The van der Waals surface area contributed by atoms with E-state index in [-0.39, 0.29) is 4.90 Å². The lowest BCUT2D eigenvalue weighted by atomic mass is 10.1. The molecular formula is C24H26N6O2S. The molecule has 1 aromatic heterocycles. The summed E-state index contributed by atoms with van der Waals surface area (Å²) in [6.07, 6.45) is 7.39. The summed E-state index contributed by atoms with van der Waals surface area (Å²) < 4.78 is 28.4. The number of hydrogen-bond donors (Lipinski definition) is 3. The second kappa shape index (κ2) is 12.3. The first-order valence-electron chi connectivity index (χ1n) is 10.6. The van der Waals surface area contributed by atoms with E-state index in [0.29, 0.717) is 31.0 Å². The number of rotatable bonds is 10. The van der Waals surface area contributed by atoms with Crippen molar-refractivity contribution in [3.63, 3.8) is 0 Å². The van der Waals surface area contributed by atoms with Gasteiger partial charge in [0.05, 0.1) is 4.90 Å². The molecule has 3 rings (SSSR count). The van der Waals surface area contributed by atoms with Gasteiger partial charge in [-0.1, -0.05) is 55.0 Å². The van der Waals surface area contributed by atoms with Crippen molar-refractivity contribution in [2.75, 3.05) is 18.4 Å². The standard InChI is InChI=1S/C24H26N6O2S/c25-19-28-24(30-21-13-17-26-18-14-21)27-15-7-2-8-16-29-33(31,32)23-12-6-5-11-22(23)20-9-3-1-4-10-20/h1,3-6,9-14,17-18,29H,2,7-8,15-16H2,(H2,26,27,28,30). The first-order chi connectivity index (χ1) is 16.1. The molecule has 0 atom stereocenters. The number of hydrogen-bond acceptors (Lipinski definition) is 5. The highest BCUT2D eigenvalue weighted by Crippen LogP contribution is 2.26. The van der Waals surface area contributed by atoms with Gasteiger partial charge in [-0.3, -0.25) is 15.3 Å². The molecule has 0 saturated heterocycles. The Morgan fingerprint density at radius 1 is 0.939 bits per heavy atom. The Bertz CT molecular complexity index is 1190. The van der Waals surface area contributed by atoms with Crippen LogP contribution in [0.4, 0.5) is 5.69 Å².